The molecule has 1 amide bonds. The Morgan fingerprint density at radius 2 is 1.83 bits per heavy atom. The number of hydrogen-bond acceptors (Lipinski definition) is 4. The zero-order chi connectivity index (χ0) is 21.1. The Labute approximate surface area is 196 Å². The molecular weight excluding hydrogens is 457 g/mol. The maximum Gasteiger partial charge on any atom is 0.266 e. The summed E-state index contributed by atoms with van der Waals surface area (Å²) >= 11 is 19.0. The molecule has 0 N–H and O–H groups in total. The van der Waals surface area contributed by atoms with Crippen molar-refractivity contribution >= 4 is 63.5 Å². The summed E-state index contributed by atoms with van der Waals surface area (Å²) in [6.45, 7) is 0.357. The Bertz CT molecular complexity index is 985. The third kappa shape index (κ3) is 5.02. The number of carbonyl (C=O) groups excluding carboxylic acids is 1. The maximum atomic E-state index is 12.9. The van der Waals surface area contributed by atoms with Crippen LogP contribution in [0.5, 0.6) is 5.75 Å². The first-order valence-corrected chi connectivity index (χ1v) is 11.9. The van der Waals surface area contributed by atoms with Crippen molar-refractivity contribution in [3.8, 4) is 5.75 Å². The van der Waals surface area contributed by atoms with Crippen molar-refractivity contribution in [3.63, 3.8) is 0 Å². The highest BCUT2D eigenvalue weighted by molar-refractivity contribution is 8.26. The molecule has 0 aromatic heterocycles. The van der Waals surface area contributed by atoms with E-state index in [4.69, 9.17) is 40.2 Å². The molecular formula is C23H21Cl2NO2S2. The quantitative estimate of drug-likeness (QED) is 0.339. The molecule has 3 nitrogen and oxygen atoms in total. The molecule has 7 heteroatoms. The smallest absolute Gasteiger partial charge is 0.266 e. The van der Waals surface area contributed by atoms with Gasteiger partial charge in [-0.1, -0.05) is 84.6 Å². The Balaban J connectivity index is 1.40. The average molecular weight is 478 g/mol. The third-order valence-electron chi connectivity index (χ3n) is 5.35. The van der Waals surface area contributed by atoms with Gasteiger partial charge in [0.1, 0.15) is 16.7 Å². The van der Waals surface area contributed by atoms with Crippen LogP contribution in [-0.4, -0.2) is 21.2 Å². The first kappa shape index (κ1) is 21.7. The van der Waals surface area contributed by atoms with Gasteiger partial charge in [0.05, 0.1) is 4.91 Å². The predicted octanol–water partition coefficient (Wildman–Crippen LogP) is 7.11. The number of ether oxygens (including phenoxy) is 1. The molecule has 2 aromatic rings. The van der Waals surface area contributed by atoms with E-state index in [-0.39, 0.29) is 11.9 Å². The van der Waals surface area contributed by atoms with E-state index in [0.29, 0.717) is 25.9 Å². The normalized spacial score (nSPS) is 19.0. The van der Waals surface area contributed by atoms with Gasteiger partial charge in [0.25, 0.3) is 5.91 Å². The van der Waals surface area contributed by atoms with Crippen LogP contribution in [0, 0.1) is 0 Å². The molecule has 1 aliphatic carbocycles. The second-order valence-electron chi connectivity index (χ2n) is 7.44. The van der Waals surface area contributed by atoms with Crippen molar-refractivity contribution in [1.82, 2.24) is 4.90 Å². The number of amides is 1. The van der Waals surface area contributed by atoms with Crippen LogP contribution in [0.15, 0.2) is 47.4 Å². The highest BCUT2D eigenvalue weighted by atomic mass is 35.5. The number of hydrogen-bond donors (Lipinski definition) is 0. The van der Waals surface area contributed by atoms with Crippen LogP contribution in [0.25, 0.3) is 6.08 Å². The molecule has 0 radical (unpaired) electrons. The Hall–Kier alpha value is -1.53. The number of nitrogens with zero attached hydrogens (tertiary/aromatic N) is 1. The minimum atomic E-state index is 0.0367. The highest BCUT2D eigenvalue weighted by Crippen LogP contribution is 2.37. The van der Waals surface area contributed by atoms with Crippen molar-refractivity contribution in [1.29, 1.82) is 0 Å². The molecule has 1 heterocycles. The minimum absolute atomic E-state index is 0.0367. The molecule has 2 aliphatic rings. The Kier molecular flexibility index (Phi) is 7.04. The van der Waals surface area contributed by atoms with E-state index < -0.39 is 0 Å². The van der Waals surface area contributed by atoms with Crippen LogP contribution >= 0.6 is 47.2 Å². The van der Waals surface area contributed by atoms with Gasteiger partial charge in [-0.3, -0.25) is 9.69 Å². The van der Waals surface area contributed by atoms with Gasteiger partial charge in [-0.2, -0.15) is 0 Å². The van der Waals surface area contributed by atoms with Gasteiger partial charge in [-0.25, -0.2) is 0 Å². The fraction of sp³-hybridized carbons (Fsp3) is 0.304. The summed E-state index contributed by atoms with van der Waals surface area (Å²) < 4.78 is 6.50. The van der Waals surface area contributed by atoms with Gasteiger partial charge >= 0.3 is 0 Å². The van der Waals surface area contributed by atoms with Gasteiger partial charge in [0.15, 0.2) is 0 Å². The zero-order valence-corrected chi connectivity index (χ0v) is 19.4. The highest BCUT2D eigenvalue weighted by Gasteiger charge is 2.37. The van der Waals surface area contributed by atoms with Crippen molar-refractivity contribution in [3.05, 3.63) is 68.5 Å². The fourth-order valence-corrected chi connectivity index (χ4v) is 5.61. The van der Waals surface area contributed by atoms with E-state index in [1.54, 1.807) is 12.1 Å². The SMILES string of the molecule is O=C1/C(=C\c2ccc(OCc3ccc(Cl)cc3Cl)cc2)SC(=S)N1C1CCCCC1. The van der Waals surface area contributed by atoms with E-state index in [1.807, 2.05) is 41.3 Å². The summed E-state index contributed by atoms with van der Waals surface area (Å²) in [4.78, 5) is 15.4. The molecule has 156 valence electrons. The molecule has 1 aliphatic heterocycles. The summed E-state index contributed by atoms with van der Waals surface area (Å²) in [5.74, 6) is 0.766. The van der Waals surface area contributed by atoms with Gasteiger partial charge in [-0.15, -0.1) is 0 Å². The van der Waals surface area contributed by atoms with Crippen molar-refractivity contribution in [2.24, 2.45) is 0 Å². The summed E-state index contributed by atoms with van der Waals surface area (Å²) in [5, 5.41) is 1.18. The minimum Gasteiger partial charge on any atom is -0.489 e. The lowest BCUT2D eigenvalue weighted by Crippen LogP contribution is -2.39. The molecule has 1 saturated heterocycles. The fourth-order valence-electron chi connectivity index (χ4n) is 3.75. The first-order valence-electron chi connectivity index (χ1n) is 9.95. The molecule has 0 unspecified atom stereocenters. The molecule has 0 atom stereocenters. The topological polar surface area (TPSA) is 29.5 Å². The van der Waals surface area contributed by atoms with E-state index in [9.17, 15) is 4.79 Å². The van der Waals surface area contributed by atoms with Crippen LogP contribution in [0.4, 0.5) is 0 Å². The summed E-state index contributed by atoms with van der Waals surface area (Å²) in [6, 6.07) is 13.3. The predicted molar refractivity (Wildman–Crippen MR) is 129 cm³/mol. The average Bonchev–Trinajstić information content (AvgIpc) is 3.02. The molecule has 2 fully saturated rings. The molecule has 0 spiro atoms. The zero-order valence-electron chi connectivity index (χ0n) is 16.3. The lowest BCUT2D eigenvalue weighted by Gasteiger charge is -2.29. The van der Waals surface area contributed by atoms with E-state index >= 15 is 0 Å². The van der Waals surface area contributed by atoms with Crippen LogP contribution in [0.3, 0.4) is 0 Å². The number of thioether (sulfide) groups is 1. The van der Waals surface area contributed by atoms with E-state index in [0.717, 1.165) is 29.7 Å². The third-order valence-corrected chi connectivity index (χ3v) is 7.27. The second-order valence-corrected chi connectivity index (χ2v) is 9.96. The monoisotopic (exact) mass is 477 g/mol. The number of benzene rings is 2. The number of carbonyl (C=O) groups is 1. The van der Waals surface area contributed by atoms with Crippen molar-refractivity contribution in [2.45, 2.75) is 44.8 Å². The summed E-state index contributed by atoms with van der Waals surface area (Å²) in [7, 11) is 0. The Morgan fingerprint density at radius 1 is 1.10 bits per heavy atom. The Morgan fingerprint density at radius 3 is 2.53 bits per heavy atom. The van der Waals surface area contributed by atoms with E-state index in [2.05, 4.69) is 0 Å². The van der Waals surface area contributed by atoms with Gasteiger partial charge < -0.3 is 4.74 Å². The summed E-state index contributed by atoms with van der Waals surface area (Å²) in [6.07, 6.45) is 7.58. The molecule has 1 saturated carbocycles. The summed E-state index contributed by atoms with van der Waals surface area (Å²) in [5.41, 5.74) is 1.81. The maximum absolute atomic E-state index is 12.9. The number of halogens is 2. The van der Waals surface area contributed by atoms with Crippen LogP contribution < -0.4 is 4.74 Å². The van der Waals surface area contributed by atoms with Gasteiger partial charge in [-0.05, 0) is 48.7 Å². The van der Waals surface area contributed by atoms with Crippen LogP contribution in [0.1, 0.15) is 43.2 Å². The lowest BCUT2D eigenvalue weighted by molar-refractivity contribution is -0.124. The van der Waals surface area contributed by atoms with Crippen molar-refractivity contribution in [2.75, 3.05) is 0 Å². The largest absolute Gasteiger partial charge is 0.489 e. The molecule has 4 rings (SSSR count). The molecule has 0 bridgehead atoms. The van der Waals surface area contributed by atoms with Crippen LogP contribution in [0.2, 0.25) is 10.0 Å². The number of rotatable bonds is 5. The van der Waals surface area contributed by atoms with Crippen molar-refractivity contribution < 1.29 is 9.53 Å². The first-order chi connectivity index (χ1) is 14.5. The van der Waals surface area contributed by atoms with Crippen LogP contribution in [-0.2, 0) is 11.4 Å². The lowest BCUT2D eigenvalue weighted by atomic mass is 9.94. The second kappa shape index (κ2) is 9.73. The number of thiocarbonyl (C=S) groups is 1. The molecule has 30 heavy (non-hydrogen) atoms. The van der Waals surface area contributed by atoms with E-state index in [1.165, 1.54) is 31.0 Å². The van der Waals surface area contributed by atoms with Gasteiger partial charge in [0, 0.05) is 21.7 Å². The van der Waals surface area contributed by atoms with Gasteiger partial charge in [0.2, 0.25) is 0 Å². The standard InChI is InChI=1S/C23H21Cl2NO2S2/c24-17-9-8-16(20(25)13-17)14-28-19-10-6-15(7-11-19)12-21-22(27)26(23(29)30-21)18-4-2-1-3-5-18/h6-13,18H,1-5,14H2/b21-12+. The molecule has 2 aromatic carbocycles.